The molecule has 0 bridgehead atoms. The van der Waals surface area contributed by atoms with Gasteiger partial charge >= 0.3 is 11.9 Å². The first kappa shape index (κ1) is 19.2. The molecule has 0 aromatic rings. The van der Waals surface area contributed by atoms with Crippen LogP contribution in [0.25, 0.3) is 0 Å². The average molecular weight is 264 g/mol. The molecule has 0 aliphatic rings. The van der Waals surface area contributed by atoms with E-state index in [0.717, 1.165) is 0 Å². The molecule has 18 heavy (non-hydrogen) atoms. The highest BCUT2D eigenvalue weighted by atomic mass is 16.4. The molecule has 0 unspecified atom stereocenters. The summed E-state index contributed by atoms with van der Waals surface area (Å²) in [6, 6.07) is 0. The molecule has 0 heterocycles. The van der Waals surface area contributed by atoms with Crippen LogP contribution in [0.5, 0.6) is 0 Å². The molecule has 0 aliphatic heterocycles. The maximum absolute atomic E-state index is 10.1. The Balaban J connectivity index is 0. The molecule has 0 aliphatic carbocycles. The van der Waals surface area contributed by atoms with E-state index in [1.165, 1.54) is 0 Å². The van der Waals surface area contributed by atoms with Gasteiger partial charge in [0.1, 0.15) is 0 Å². The molecule has 0 rings (SSSR count). The van der Waals surface area contributed by atoms with Gasteiger partial charge in [-0.1, -0.05) is 41.5 Å². The molecular weight excluding hydrogens is 240 g/mol. The fourth-order valence-corrected chi connectivity index (χ4v) is 0.741. The van der Waals surface area contributed by atoms with Crippen molar-refractivity contribution in [2.75, 3.05) is 0 Å². The SMILES string of the molecule is CC(C)(C)[C@@H](O)C(=O)O.CC(C)(C)[C@H](O)C(=O)O. The van der Waals surface area contributed by atoms with E-state index in [4.69, 9.17) is 20.4 Å². The molecule has 108 valence electrons. The van der Waals surface area contributed by atoms with E-state index in [9.17, 15) is 9.59 Å². The zero-order chi connectivity index (χ0) is 15.3. The van der Waals surface area contributed by atoms with Crippen LogP contribution < -0.4 is 0 Å². The van der Waals surface area contributed by atoms with E-state index >= 15 is 0 Å². The Bertz CT molecular complexity index is 254. The van der Waals surface area contributed by atoms with Crippen LogP contribution in [0.4, 0.5) is 0 Å². The average Bonchev–Trinajstić information content (AvgIpc) is 2.13. The normalized spacial score (nSPS) is 15.1. The van der Waals surface area contributed by atoms with Crippen molar-refractivity contribution >= 4 is 11.9 Å². The molecule has 6 heteroatoms. The van der Waals surface area contributed by atoms with E-state index in [1.54, 1.807) is 41.5 Å². The summed E-state index contributed by atoms with van der Waals surface area (Å²) in [6.45, 7) is 10.0. The Kier molecular flexibility index (Phi) is 7.15. The predicted octanol–water partition coefficient (Wildman–Crippen LogP) is 0.956. The molecule has 0 amide bonds. The van der Waals surface area contributed by atoms with Gasteiger partial charge in [0.2, 0.25) is 0 Å². The van der Waals surface area contributed by atoms with Crippen molar-refractivity contribution in [1.29, 1.82) is 0 Å². The lowest BCUT2D eigenvalue weighted by atomic mass is 9.89. The Morgan fingerprint density at radius 3 is 0.889 bits per heavy atom. The van der Waals surface area contributed by atoms with Crippen LogP contribution in [0.2, 0.25) is 0 Å². The van der Waals surface area contributed by atoms with Crippen LogP contribution in [0.3, 0.4) is 0 Å². The van der Waals surface area contributed by atoms with E-state index in [1.807, 2.05) is 0 Å². The molecule has 0 aromatic carbocycles. The third-order valence-corrected chi connectivity index (χ3v) is 2.11. The van der Waals surface area contributed by atoms with Crippen molar-refractivity contribution in [2.45, 2.75) is 53.8 Å². The van der Waals surface area contributed by atoms with Crippen LogP contribution in [0, 0.1) is 10.8 Å². The van der Waals surface area contributed by atoms with E-state index in [0.29, 0.717) is 0 Å². The third-order valence-electron chi connectivity index (χ3n) is 2.11. The predicted molar refractivity (Wildman–Crippen MR) is 66.2 cm³/mol. The van der Waals surface area contributed by atoms with Gasteiger partial charge in [-0.25, -0.2) is 9.59 Å². The molecule has 0 radical (unpaired) electrons. The highest BCUT2D eigenvalue weighted by molar-refractivity contribution is 5.73. The zero-order valence-electron chi connectivity index (χ0n) is 11.8. The Labute approximate surface area is 107 Å². The molecule has 0 aromatic heterocycles. The maximum atomic E-state index is 10.1. The first-order valence-electron chi connectivity index (χ1n) is 5.53. The number of carboxylic acids is 2. The molecule has 4 N–H and O–H groups in total. The number of rotatable bonds is 2. The van der Waals surface area contributed by atoms with Crippen LogP contribution in [-0.4, -0.2) is 44.6 Å². The monoisotopic (exact) mass is 264 g/mol. The Morgan fingerprint density at radius 1 is 0.722 bits per heavy atom. The Morgan fingerprint density at radius 2 is 0.889 bits per heavy atom. The first-order valence-corrected chi connectivity index (χ1v) is 5.53. The van der Waals surface area contributed by atoms with Gasteiger partial charge in [-0.3, -0.25) is 0 Å². The summed E-state index contributed by atoms with van der Waals surface area (Å²) in [4.78, 5) is 20.2. The van der Waals surface area contributed by atoms with Crippen molar-refractivity contribution in [3.63, 3.8) is 0 Å². The van der Waals surface area contributed by atoms with Gasteiger partial charge in [0, 0.05) is 0 Å². The number of carbonyl (C=O) groups is 2. The molecular formula is C12H24O6. The second-order valence-electron chi connectivity index (χ2n) is 6.21. The van der Waals surface area contributed by atoms with Crippen molar-refractivity contribution in [2.24, 2.45) is 10.8 Å². The lowest BCUT2D eigenvalue weighted by molar-refractivity contribution is -0.153. The van der Waals surface area contributed by atoms with E-state index in [-0.39, 0.29) is 0 Å². The molecule has 0 saturated heterocycles. The number of hydrogen-bond donors (Lipinski definition) is 4. The summed E-state index contributed by atoms with van der Waals surface area (Å²) in [5.74, 6) is -2.33. The molecule has 0 fully saturated rings. The summed E-state index contributed by atoms with van der Waals surface area (Å²) in [6.07, 6.45) is -2.53. The number of hydrogen-bond acceptors (Lipinski definition) is 4. The summed E-state index contributed by atoms with van der Waals surface area (Å²) in [5, 5.41) is 34.3. The van der Waals surface area contributed by atoms with Gasteiger partial charge in [0.05, 0.1) is 0 Å². The van der Waals surface area contributed by atoms with Gasteiger partial charge in [0.15, 0.2) is 12.2 Å². The Hall–Kier alpha value is -1.14. The lowest BCUT2D eigenvalue weighted by Gasteiger charge is -2.21. The lowest BCUT2D eigenvalue weighted by Crippen LogP contribution is -2.33. The van der Waals surface area contributed by atoms with Gasteiger partial charge in [-0.2, -0.15) is 0 Å². The fraction of sp³-hybridized carbons (Fsp3) is 0.833. The molecule has 6 nitrogen and oxygen atoms in total. The summed E-state index contributed by atoms with van der Waals surface area (Å²) in [7, 11) is 0. The quantitative estimate of drug-likeness (QED) is 0.590. The van der Waals surface area contributed by atoms with Crippen LogP contribution in [-0.2, 0) is 9.59 Å². The standard InChI is InChI=1S/2C6H12O3/c2*1-6(2,3)4(7)5(8)9/h2*4,7H,1-3H3,(H,8,9)/t2*4-/m10/s1. The largest absolute Gasteiger partial charge is 0.479 e. The van der Waals surface area contributed by atoms with E-state index < -0.39 is 35.0 Å². The molecule has 0 saturated carbocycles. The zero-order valence-corrected chi connectivity index (χ0v) is 11.8. The maximum Gasteiger partial charge on any atom is 0.333 e. The van der Waals surface area contributed by atoms with Gasteiger partial charge in [-0.05, 0) is 10.8 Å². The molecule has 0 spiro atoms. The van der Waals surface area contributed by atoms with Crippen molar-refractivity contribution < 1.29 is 30.0 Å². The number of aliphatic hydroxyl groups excluding tert-OH is 2. The minimum atomic E-state index is -1.27. The summed E-state index contributed by atoms with van der Waals surface area (Å²) in [5.41, 5.74) is -1.13. The van der Waals surface area contributed by atoms with Gasteiger partial charge in [0.25, 0.3) is 0 Å². The minimum Gasteiger partial charge on any atom is -0.479 e. The van der Waals surface area contributed by atoms with Crippen LogP contribution in [0.1, 0.15) is 41.5 Å². The smallest absolute Gasteiger partial charge is 0.333 e. The minimum absolute atomic E-state index is 0.564. The van der Waals surface area contributed by atoms with E-state index in [2.05, 4.69) is 0 Å². The van der Waals surface area contributed by atoms with Crippen LogP contribution >= 0.6 is 0 Å². The number of aliphatic carboxylic acids is 2. The fourth-order valence-electron chi connectivity index (χ4n) is 0.741. The summed E-state index contributed by atoms with van der Waals surface area (Å²) >= 11 is 0. The second-order valence-corrected chi connectivity index (χ2v) is 6.21. The van der Waals surface area contributed by atoms with Gasteiger partial charge in [-0.15, -0.1) is 0 Å². The highest BCUT2D eigenvalue weighted by Crippen LogP contribution is 2.19. The first-order chi connectivity index (χ1) is 7.71. The van der Waals surface area contributed by atoms with Crippen molar-refractivity contribution in [3.05, 3.63) is 0 Å². The van der Waals surface area contributed by atoms with Crippen LogP contribution in [0.15, 0.2) is 0 Å². The van der Waals surface area contributed by atoms with Crippen molar-refractivity contribution in [3.8, 4) is 0 Å². The second kappa shape index (κ2) is 6.70. The number of aliphatic hydroxyl groups is 2. The highest BCUT2D eigenvalue weighted by Gasteiger charge is 2.28. The van der Waals surface area contributed by atoms with Gasteiger partial charge < -0.3 is 20.4 Å². The topological polar surface area (TPSA) is 115 Å². The van der Waals surface area contributed by atoms with Crippen molar-refractivity contribution in [1.82, 2.24) is 0 Å². The summed E-state index contributed by atoms with van der Waals surface area (Å²) < 4.78 is 0. The number of carboxylic acid groups (broad SMARTS) is 2. The molecule has 2 atom stereocenters. The third kappa shape index (κ3) is 8.03.